The van der Waals surface area contributed by atoms with Crippen molar-refractivity contribution >= 4 is 32.5 Å². The fourth-order valence-electron chi connectivity index (χ4n) is 5.43. The van der Waals surface area contributed by atoms with Gasteiger partial charge in [-0.15, -0.1) is 0 Å². The van der Waals surface area contributed by atoms with Gasteiger partial charge >= 0.3 is 13.6 Å². The highest BCUT2D eigenvalue weighted by molar-refractivity contribution is 7.60. The Morgan fingerprint density at radius 3 is 1.77 bits per heavy atom. The zero-order valence-corrected chi connectivity index (χ0v) is 28.1. The number of carbonyl (C=O) groups is 1. The third kappa shape index (κ3) is 8.72. The van der Waals surface area contributed by atoms with Crippen LogP contribution in [0.25, 0.3) is 11.1 Å². The minimum absolute atomic E-state index is 0.122. The van der Waals surface area contributed by atoms with E-state index >= 15 is 0 Å². The van der Waals surface area contributed by atoms with Gasteiger partial charge in [0.1, 0.15) is 0 Å². The maximum absolute atomic E-state index is 12.6. The molecule has 8 heteroatoms. The molecule has 0 amide bonds. The van der Waals surface area contributed by atoms with Gasteiger partial charge in [0.2, 0.25) is 0 Å². The van der Waals surface area contributed by atoms with Crippen LogP contribution in [-0.4, -0.2) is 22.4 Å². The zero-order chi connectivity index (χ0) is 31.9. The summed E-state index contributed by atoms with van der Waals surface area (Å²) in [5.74, 6) is -0.321. The molecule has 2 N–H and O–H groups in total. The maximum atomic E-state index is 12.6. The summed E-state index contributed by atoms with van der Waals surface area (Å²) in [5, 5.41) is 1.02. The van der Waals surface area contributed by atoms with E-state index in [4.69, 9.17) is 9.05 Å². The van der Waals surface area contributed by atoms with Gasteiger partial charge in [0, 0.05) is 10.9 Å². The minimum Gasteiger partial charge on any atom is -0.409 e. The Labute approximate surface area is 257 Å². The summed E-state index contributed by atoms with van der Waals surface area (Å²) >= 11 is 0. The molecule has 4 aromatic rings. The summed E-state index contributed by atoms with van der Waals surface area (Å²) < 4.78 is 23.2. The fourth-order valence-corrected chi connectivity index (χ4v) is 7.46. The van der Waals surface area contributed by atoms with Gasteiger partial charge in [-0.05, 0) is 106 Å². The second-order valence-electron chi connectivity index (χ2n) is 10.6. The number of benzene rings is 4. The van der Waals surface area contributed by atoms with E-state index in [9.17, 15) is 19.1 Å². The summed E-state index contributed by atoms with van der Waals surface area (Å²) in [5.41, 5.74) is 9.48. The van der Waals surface area contributed by atoms with Crippen molar-refractivity contribution in [1.82, 2.24) is 0 Å². The molecule has 1 atom stereocenters. The highest BCUT2D eigenvalue weighted by atomic mass is 31.2. The summed E-state index contributed by atoms with van der Waals surface area (Å²) in [6.07, 6.45) is 0.732. The Kier molecular flexibility index (Phi) is 12.0. The molecule has 6 nitrogen and oxygen atoms in total. The van der Waals surface area contributed by atoms with Gasteiger partial charge in [-0.1, -0.05) is 72.6 Å². The largest absolute Gasteiger partial charge is 0.409 e. The Bertz CT molecular complexity index is 1580. The average Bonchev–Trinajstić information content (AvgIpc) is 2.92. The van der Waals surface area contributed by atoms with Crippen LogP contribution in [0.15, 0.2) is 72.8 Å². The molecule has 0 aliphatic rings. The molecule has 0 aromatic heterocycles. The topological polar surface area (TPSA) is 93.1 Å². The maximum Gasteiger partial charge on any atom is 0.356 e. The molecule has 0 aliphatic carbocycles. The van der Waals surface area contributed by atoms with Crippen molar-refractivity contribution in [2.45, 2.75) is 61.8 Å². The SMILES string of the molecule is CCOP(OC(=O)c1c(C)cc(C)cc1C)c1ccccc1.CCc1cccc(P(=O)(O)O)c1-c1c(C)cc(C)cc1C. The first-order chi connectivity index (χ1) is 20.3. The van der Waals surface area contributed by atoms with Gasteiger partial charge in [-0.3, -0.25) is 4.57 Å². The van der Waals surface area contributed by atoms with Gasteiger partial charge in [-0.2, -0.15) is 0 Å². The van der Waals surface area contributed by atoms with E-state index < -0.39 is 16.0 Å². The molecule has 0 radical (unpaired) electrons. The average molecular weight is 621 g/mol. The summed E-state index contributed by atoms with van der Waals surface area (Å²) in [4.78, 5) is 32.0. The smallest absolute Gasteiger partial charge is 0.356 e. The molecule has 228 valence electrons. The van der Waals surface area contributed by atoms with Crippen molar-refractivity contribution < 1.29 is 28.2 Å². The number of rotatable bonds is 8. The van der Waals surface area contributed by atoms with E-state index in [0.29, 0.717) is 17.7 Å². The Morgan fingerprint density at radius 2 is 1.28 bits per heavy atom. The van der Waals surface area contributed by atoms with E-state index in [-0.39, 0.29) is 11.3 Å². The quantitative estimate of drug-likeness (QED) is 0.194. The lowest BCUT2D eigenvalue weighted by Gasteiger charge is -2.19. The van der Waals surface area contributed by atoms with Gasteiger partial charge in [0.25, 0.3) is 8.38 Å². The van der Waals surface area contributed by atoms with Gasteiger partial charge < -0.3 is 18.8 Å². The summed E-state index contributed by atoms with van der Waals surface area (Å²) in [6, 6.07) is 22.9. The number of hydrogen-bond donors (Lipinski definition) is 2. The van der Waals surface area contributed by atoms with Crippen LogP contribution < -0.4 is 10.6 Å². The molecular weight excluding hydrogens is 578 g/mol. The van der Waals surface area contributed by atoms with Crippen molar-refractivity contribution in [2.75, 3.05) is 6.61 Å². The fraction of sp³-hybridized carbons (Fsp3) is 0.286. The second-order valence-corrected chi connectivity index (χ2v) is 13.7. The third-order valence-corrected chi connectivity index (χ3v) is 9.56. The Balaban J connectivity index is 0.000000236. The van der Waals surface area contributed by atoms with Crippen molar-refractivity contribution in [3.8, 4) is 11.1 Å². The molecule has 0 fully saturated rings. The summed E-state index contributed by atoms with van der Waals surface area (Å²) in [7, 11) is -5.71. The Hall–Kier alpha value is -3.11. The molecular formula is C35H42O6P2. The van der Waals surface area contributed by atoms with E-state index in [0.717, 1.165) is 56.2 Å². The normalized spacial score (nSPS) is 11.9. The molecule has 0 saturated heterocycles. The standard InChI is InChI=1S/C18H21O3P.C17H21O3P/c1-5-20-22(16-9-7-6-8-10-16)21-18(19)17-14(3)11-13(2)12-15(17)4;1-5-14-7-6-8-15(21(18,19)20)17(14)16-12(3)9-11(2)10-13(16)4/h6-12H,5H2,1-4H3;6-10H,5H2,1-4H3,(H2,18,19,20). The van der Waals surface area contributed by atoms with Crippen molar-refractivity contribution in [3.05, 3.63) is 117 Å². The molecule has 43 heavy (non-hydrogen) atoms. The first-order valence-electron chi connectivity index (χ1n) is 14.3. The van der Waals surface area contributed by atoms with Crippen LogP contribution in [0.2, 0.25) is 0 Å². The zero-order valence-electron chi connectivity index (χ0n) is 26.3. The molecule has 0 saturated carbocycles. The van der Waals surface area contributed by atoms with Crippen LogP contribution >= 0.6 is 16.0 Å². The van der Waals surface area contributed by atoms with Crippen molar-refractivity contribution in [2.24, 2.45) is 0 Å². The van der Waals surface area contributed by atoms with E-state index in [1.807, 2.05) is 104 Å². The number of aryl methyl sites for hydroxylation is 7. The first-order valence-corrected chi connectivity index (χ1v) is 17.1. The Morgan fingerprint density at radius 1 is 0.744 bits per heavy atom. The van der Waals surface area contributed by atoms with Crippen molar-refractivity contribution in [1.29, 1.82) is 0 Å². The number of carbonyl (C=O) groups excluding carboxylic acids is 1. The molecule has 0 spiro atoms. The molecule has 0 bridgehead atoms. The lowest BCUT2D eigenvalue weighted by atomic mass is 9.90. The lowest BCUT2D eigenvalue weighted by Crippen LogP contribution is -2.13. The van der Waals surface area contributed by atoms with Crippen LogP contribution in [0.4, 0.5) is 0 Å². The number of hydrogen-bond acceptors (Lipinski definition) is 4. The van der Waals surface area contributed by atoms with Crippen LogP contribution in [0.5, 0.6) is 0 Å². The third-order valence-electron chi connectivity index (χ3n) is 7.01. The van der Waals surface area contributed by atoms with Crippen molar-refractivity contribution in [3.63, 3.8) is 0 Å². The predicted molar refractivity (Wildman–Crippen MR) is 178 cm³/mol. The van der Waals surface area contributed by atoms with E-state index in [1.54, 1.807) is 6.07 Å². The van der Waals surface area contributed by atoms with Gasteiger partial charge in [0.15, 0.2) is 0 Å². The molecule has 4 aromatic carbocycles. The first kappa shape index (κ1) is 34.4. The highest BCUT2D eigenvalue weighted by Crippen LogP contribution is 2.41. The lowest BCUT2D eigenvalue weighted by molar-refractivity contribution is 0.0731. The molecule has 1 unspecified atom stereocenters. The van der Waals surface area contributed by atoms with Crippen LogP contribution in [-0.2, 0) is 20.0 Å². The minimum atomic E-state index is -4.31. The second kappa shape index (κ2) is 15.1. The van der Waals surface area contributed by atoms with Crippen LogP contribution in [0.1, 0.15) is 63.1 Å². The van der Waals surface area contributed by atoms with Gasteiger partial charge in [-0.25, -0.2) is 4.79 Å². The van der Waals surface area contributed by atoms with E-state index in [2.05, 4.69) is 12.1 Å². The molecule has 0 heterocycles. The predicted octanol–water partition coefficient (Wildman–Crippen LogP) is 8.09. The van der Waals surface area contributed by atoms with Crippen LogP contribution in [0, 0.1) is 41.5 Å². The summed E-state index contributed by atoms with van der Waals surface area (Å²) in [6.45, 7) is 16.3. The van der Waals surface area contributed by atoms with Crippen LogP contribution in [0.3, 0.4) is 0 Å². The van der Waals surface area contributed by atoms with Gasteiger partial charge in [0.05, 0.1) is 17.5 Å². The highest BCUT2D eigenvalue weighted by Gasteiger charge is 2.26. The monoisotopic (exact) mass is 620 g/mol. The molecule has 4 rings (SSSR count). The molecule has 0 aliphatic heterocycles. The van der Waals surface area contributed by atoms with E-state index in [1.165, 1.54) is 6.07 Å².